The Morgan fingerprint density at radius 3 is 2.62 bits per heavy atom. The molecule has 6 nitrogen and oxygen atoms in total. The normalized spacial score (nSPS) is 31.5. The topological polar surface area (TPSA) is 95.5 Å². The van der Waals surface area contributed by atoms with E-state index in [2.05, 4.69) is 17.8 Å². The lowest BCUT2D eigenvalue weighted by Gasteiger charge is -2.24. The van der Waals surface area contributed by atoms with Crippen molar-refractivity contribution < 1.29 is 19.5 Å². The first-order valence-corrected chi connectivity index (χ1v) is 9.94. The second-order valence-corrected chi connectivity index (χ2v) is 8.64. The maximum atomic E-state index is 12.5. The van der Waals surface area contributed by atoms with E-state index in [9.17, 15) is 19.5 Å². The van der Waals surface area contributed by atoms with Crippen LogP contribution in [0.25, 0.3) is 0 Å². The van der Waals surface area contributed by atoms with Gasteiger partial charge in [0, 0.05) is 10.3 Å². The molecule has 7 heteroatoms. The zero-order valence-electron chi connectivity index (χ0n) is 14.5. The number of carboxylic acid groups (broad SMARTS) is 1. The number of fused-ring (bicyclic) bond motifs is 3. The largest absolute Gasteiger partial charge is 0.481 e. The molecule has 3 N–H and O–H groups in total. The number of rotatable bonds is 3. The lowest BCUT2D eigenvalue weighted by Crippen LogP contribution is -2.48. The molecule has 26 heavy (non-hydrogen) atoms. The average molecular weight is 374 g/mol. The Labute approximate surface area is 155 Å². The van der Waals surface area contributed by atoms with Crippen molar-refractivity contribution in [2.45, 2.75) is 32.6 Å². The van der Waals surface area contributed by atoms with Crippen molar-refractivity contribution >= 4 is 29.1 Å². The van der Waals surface area contributed by atoms with Crippen LogP contribution < -0.4 is 10.9 Å². The first-order valence-electron chi connectivity index (χ1n) is 9.06. The molecule has 0 saturated heterocycles. The van der Waals surface area contributed by atoms with Gasteiger partial charge in [-0.1, -0.05) is 19.1 Å². The van der Waals surface area contributed by atoms with Gasteiger partial charge < -0.3 is 5.11 Å². The molecule has 0 aliphatic heterocycles. The molecule has 0 unspecified atom stereocenters. The number of allylic oxidation sites excluding steroid dienone is 2. The second-order valence-electron chi connectivity index (χ2n) is 7.68. The van der Waals surface area contributed by atoms with E-state index in [0.717, 1.165) is 24.8 Å². The molecule has 3 aliphatic carbocycles. The molecule has 0 aromatic carbocycles. The Balaban J connectivity index is 1.41. The van der Waals surface area contributed by atoms with Gasteiger partial charge in [0.05, 0.1) is 17.4 Å². The fourth-order valence-corrected chi connectivity index (χ4v) is 5.90. The minimum absolute atomic E-state index is 0.0617. The van der Waals surface area contributed by atoms with Crippen LogP contribution in [0.1, 0.15) is 40.6 Å². The highest BCUT2D eigenvalue weighted by Crippen LogP contribution is 2.48. The standard InChI is InChI=1S/C19H22N2O4S/c1-9-2-5-12-13(8-26-14(12)6-9)17(22)20-21-18(23)15-10-3-4-11(7-10)16(15)19(24)25/h3-4,8-11,15-16H,2,5-7H2,1H3,(H,20,22)(H,21,23)(H,24,25)/t9-,10+,11+,15+,16+/m1/s1. The number of hydrogen-bond acceptors (Lipinski definition) is 4. The highest BCUT2D eigenvalue weighted by atomic mass is 32.1. The molecule has 5 atom stereocenters. The Morgan fingerprint density at radius 1 is 1.15 bits per heavy atom. The predicted octanol–water partition coefficient (Wildman–Crippen LogP) is 2.16. The summed E-state index contributed by atoms with van der Waals surface area (Å²) in [7, 11) is 0. The van der Waals surface area contributed by atoms with Gasteiger partial charge in [0.1, 0.15) is 0 Å². The van der Waals surface area contributed by atoms with Crippen molar-refractivity contribution in [3.05, 3.63) is 33.5 Å². The molecule has 1 saturated carbocycles. The molecule has 1 fully saturated rings. The van der Waals surface area contributed by atoms with E-state index in [1.54, 1.807) is 11.3 Å². The van der Waals surface area contributed by atoms with Gasteiger partial charge in [-0.25, -0.2) is 0 Å². The van der Waals surface area contributed by atoms with E-state index in [0.29, 0.717) is 17.9 Å². The fourth-order valence-electron chi connectivity index (χ4n) is 4.65. The Bertz CT molecular complexity index is 799. The Hall–Kier alpha value is -2.15. The van der Waals surface area contributed by atoms with Gasteiger partial charge in [0.15, 0.2) is 0 Å². The van der Waals surface area contributed by atoms with E-state index in [1.807, 2.05) is 17.5 Å². The quantitative estimate of drug-likeness (QED) is 0.558. The number of amides is 2. The van der Waals surface area contributed by atoms with Crippen LogP contribution in [0.4, 0.5) is 0 Å². The van der Waals surface area contributed by atoms with E-state index < -0.39 is 23.7 Å². The summed E-state index contributed by atoms with van der Waals surface area (Å²) in [5.41, 5.74) is 6.67. The van der Waals surface area contributed by atoms with Gasteiger partial charge in [-0.15, -0.1) is 11.3 Å². The number of hydrogen-bond donors (Lipinski definition) is 3. The number of carbonyl (C=O) groups excluding carboxylic acids is 2. The van der Waals surface area contributed by atoms with Crippen molar-refractivity contribution in [1.29, 1.82) is 0 Å². The summed E-state index contributed by atoms with van der Waals surface area (Å²) >= 11 is 1.60. The zero-order valence-corrected chi connectivity index (χ0v) is 15.3. The molecule has 3 aliphatic rings. The van der Waals surface area contributed by atoms with Gasteiger partial charge in [-0.05, 0) is 49.0 Å². The zero-order chi connectivity index (χ0) is 18.4. The van der Waals surface area contributed by atoms with Crippen LogP contribution >= 0.6 is 11.3 Å². The minimum atomic E-state index is -0.950. The molecule has 138 valence electrons. The van der Waals surface area contributed by atoms with Crippen LogP contribution in [0.15, 0.2) is 17.5 Å². The lowest BCUT2D eigenvalue weighted by molar-refractivity contribution is -0.148. The van der Waals surface area contributed by atoms with Crippen LogP contribution in [0.3, 0.4) is 0 Å². The highest BCUT2D eigenvalue weighted by Gasteiger charge is 2.51. The third kappa shape index (κ3) is 2.84. The molecule has 1 heterocycles. The summed E-state index contributed by atoms with van der Waals surface area (Å²) in [6, 6.07) is 0. The lowest BCUT2D eigenvalue weighted by atomic mass is 9.82. The third-order valence-corrected chi connectivity index (χ3v) is 7.04. The van der Waals surface area contributed by atoms with E-state index in [-0.39, 0.29) is 17.7 Å². The number of carbonyl (C=O) groups is 3. The third-order valence-electron chi connectivity index (χ3n) is 5.99. The molecule has 2 bridgehead atoms. The van der Waals surface area contributed by atoms with E-state index in [4.69, 9.17) is 0 Å². The van der Waals surface area contributed by atoms with Crippen LogP contribution in [-0.2, 0) is 22.4 Å². The molecular weight excluding hydrogens is 352 g/mol. The van der Waals surface area contributed by atoms with Gasteiger partial charge in [-0.2, -0.15) is 0 Å². The molecule has 0 radical (unpaired) electrons. The van der Waals surface area contributed by atoms with Crippen LogP contribution in [0.5, 0.6) is 0 Å². The van der Waals surface area contributed by atoms with Crippen molar-refractivity contribution in [2.75, 3.05) is 0 Å². The van der Waals surface area contributed by atoms with Crippen molar-refractivity contribution in [2.24, 2.45) is 29.6 Å². The average Bonchev–Trinajstić information content (AvgIpc) is 3.32. The summed E-state index contributed by atoms with van der Waals surface area (Å²) in [6.45, 7) is 2.21. The summed E-state index contributed by atoms with van der Waals surface area (Å²) in [4.78, 5) is 37.8. The molecular formula is C19H22N2O4S. The molecule has 1 aromatic heterocycles. The Morgan fingerprint density at radius 2 is 1.88 bits per heavy atom. The molecule has 2 amide bonds. The van der Waals surface area contributed by atoms with Crippen LogP contribution in [0, 0.1) is 29.6 Å². The van der Waals surface area contributed by atoms with E-state index >= 15 is 0 Å². The van der Waals surface area contributed by atoms with Crippen LogP contribution in [0.2, 0.25) is 0 Å². The molecule has 4 rings (SSSR count). The van der Waals surface area contributed by atoms with Gasteiger partial charge in [0.25, 0.3) is 5.91 Å². The SMILES string of the molecule is C[C@@H]1CCc2c(C(=O)NNC(=O)[C@@H]3[C@@H](C(=O)O)[C@H]4C=C[C@H]3C4)csc2C1. The van der Waals surface area contributed by atoms with Crippen molar-refractivity contribution in [3.8, 4) is 0 Å². The number of nitrogens with one attached hydrogen (secondary N) is 2. The molecule has 1 aromatic rings. The first-order chi connectivity index (χ1) is 12.5. The van der Waals surface area contributed by atoms with Crippen molar-refractivity contribution in [1.82, 2.24) is 10.9 Å². The smallest absolute Gasteiger partial charge is 0.307 e. The maximum Gasteiger partial charge on any atom is 0.307 e. The second kappa shape index (κ2) is 6.54. The molecule has 0 spiro atoms. The number of thiophene rings is 1. The summed E-state index contributed by atoms with van der Waals surface area (Å²) < 4.78 is 0. The Kier molecular flexibility index (Phi) is 4.34. The van der Waals surface area contributed by atoms with Gasteiger partial charge in [0.2, 0.25) is 5.91 Å². The minimum Gasteiger partial charge on any atom is -0.481 e. The van der Waals surface area contributed by atoms with Gasteiger partial charge >= 0.3 is 5.97 Å². The summed E-state index contributed by atoms with van der Waals surface area (Å²) in [5, 5.41) is 11.3. The fraction of sp³-hybridized carbons (Fsp3) is 0.526. The predicted molar refractivity (Wildman–Crippen MR) is 96.5 cm³/mol. The first kappa shape index (κ1) is 17.3. The maximum absolute atomic E-state index is 12.5. The number of aliphatic carboxylic acids is 1. The highest BCUT2D eigenvalue weighted by molar-refractivity contribution is 7.10. The van der Waals surface area contributed by atoms with Crippen LogP contribution in [-0.4, -0.2) is 22.9 Å². The summed E-state index contributed by atoms with van der Waals surface area (Å²) in [5.74, 6) is -2.54. The number of carboxylic acids is 1. The van der Waals surface area contributed by atoms with E-state index in [1.165, 1.54) is 4.88 Å². The summed E-state index contributed by atoms with van der Waals surface area (Å²) in [6.07, 6.45) is 7.46. The van der Waals surface area contributed by atoms with Crippen molar-refractivity contribution in [3.63, 3.8) is 0 Å². The van der Waals surface area contributed by atoms with Gasteiger partial charge in [-0.3, -0.25) is 25.2 Å². The number of hydrazine groups is 1. The monoisotopic (exact) mass is 374 g/mol.